The minimum absolute atomic E-state index is 0.0634. The zero-order valence-corrected chi connectivity index (χ0v) is 18.1. The van der Waals surface area contributed by atoms with E-state index in [0.717, 1.165) is 27.8 Å². The van der Waals surface area contributed by atoms with Crippen molar-refractivity contribution in [3.8, 4) is 17.0 Å². The number of ether oxygens (including phenoxy) is 1. The quantitative estimate of drug-likeness (QED) is 0.410. The maximum absolute atomic E-state index is 12.4. The number of halogens is 3. The summed E-state index contributed by atoms with van der Waals surface area (Å²) < 4.78 is 43.1. The van der Waals surface area contributed by atoms with Crippen LogP contribution in [0.15, 0.2) is 66.9 Å². The molecule has 2 heterocycles. The molecule has 2 aromatic carbocycles. The van der Waals surface area contributed by atoms with Crippen molar-refractivity contribution < 1.29 is 22.7 Å². The van der Waals surface area contributed by atoms with E-state index in [-0.39, 0.29) is 11.7 Å². The van der Waals surface area contributed by atoms with Crippen LogP contribution in [0.4, 0.5) is 30.4 Å². The molecule has 33 heavy (non-hydrogen) atoms. The normalized spacial score (nSPS) is 11.5. The molecular weight excluding hydrogens is 433 g/mol. The molecule has 6 nitrogen and oxygen atoms in total. The number of fused-ring (bicyclic) bond motifs is 1. The van der Waals surface area contributed by atoms with Gasteiger partial charge in [0.25, 0.3) is 0 Å². The first-order valence-corrected chi connectivity index (χ1v) is 10.0. The average molecular weight is 454 g/mol. The smallest absolute Gasteiger partial charge is 0.406 e. The molecule has 170 valence electrons. The average Bonchev–Trinajstić information content (AvgIpc) is 3.11. The first-order valence-electron chi connectivity index (χ1n) is 10.0. The van der Waals surface area contributed by atoms with Crippen LogP contribution in [-0.4, -0.2) is 28.9 Å². The second-order valence-corrected chi connectivity index (χ2v) is 7.51. The third kappa shape index (κ3) is 4.77. The number of hydrogen-bond acceptors (Lipinski definition) is 4. The lowest BCUT2D eigenvalue weighted by Crippen LogP contribution is -2.22. The summed E-state index contributed by atoms with van der Waals surface area (Å²) in [6, 6.07) is 17.0. The minimum atomic E-state index is -4.74. The molecule has 4 rings (SSSR count). The molecule has 0 spiro atoms. The summed E-state index contributed by atoms with van der Waals surface area (Å²) in [5.74, 6) is 0.207. The summed E-state index contributed by atoms with van der Waals surface area (Å²) in [4.78, 5) is 17.7. The Bertz CT molecular complexity index is 1310. The summed E-state index contributed by atoms with van der Waals surface area (Å²) in [6.07, 6.45) is -3.07. The maximum atomic E-state index is 12.4. The zero-order valence-electron chi connectivity index (χ0n) is 18.1. The minimum Gasteiger partial charge on any atom is -0.406 e. The fraction of sp³-hybridized carbons (Fsp3) is 0.167. The Morgan fingerprint density at radius 3 is 2.48 bits per heavy atom. The molecule has 0 aliphatic rings. The van der Waals surface area contributed by atoms with Crippen molar-refractivity contribution in [2.24, 2.45) is 7.05 Å². The molecule has 0 fully saturated rings. The highest BCUT2D eigenvalue weighted by molar-refractivity contribution is 5.97. The van der Waals surface area contributed by atoms with Crippen LogP contribution in [0.3, 0.4) is 0 Å². The zero-order chi connectivity index (χ0) is 23.8. The van der Waals surface area contributed by atoms with Gasteiger partial charge in [-0.25, -0.2) is 4.98 Å². The molecule has 4 aromatic rings. The van der Waals surface area contributed by atoms with Crippen LogP contribution in [0.5, 0.6) is 5.75 Å². The van der Waals surface area contributed by atoms with Gasteiger partial charge >= 0.3 is 6.36 Å². The third-order valence-electron chi connectivity index (χ3n) is 5.32. The van der Waals surface area contributed by atoms with Gasteiger partial charge in [0.15, 0.2) is 0 Å². The number of rotatable bonds is 5. The van der Waals surface area contributed by atoms with Crippen molar-refractivity contribution in [1.82, 2.24) is 9.55 Å². The van der Waals surface area contributed by atoms with Gasteiger partial charge in [-0.2, -0.15) is 0 Å². The Morgan fingerprint density at radius 1 is 1.09 bits per heavy atom. The summed E-state index contributed by atoms with van der Waals surface area (Å²) in [5, 5.41) is 4.00. The number of amides is 1. The van der Waals surface area contributed by atoms with Crippen LogP contribution in [0.1, 0.15) is 6.92 Å². The summed E-state index contributed by atoms with van der Waals surface area (Å²) in [7, 11) is 3.66. The van der Waals surface area contributed by atoms with Crippen LogP contribution < -0.4 is 15.0 Å². The van der Waals surface area contributed by atoms with Gasteiger partial charge in [-0.1, -0.05) is 12.1 Å². The van der Waals surface area contributed by atoms with Gasteiger partial charge in [-0.3, -0.25) is 4.79 Å². The van der Waals surface area contributed by atoms with Crippen LogP contribution in [0, 0.1) is 0 Å². The lowest BCUT2D eigenvalue weighted by Gasteiger charge is -2.16. The van der Waals surface area contributed by atoms with Crippen molar-refractivity contribution in [3.05, 3.63) is 66.9 Å². The van der Waals surface area contributed by atoms with Crippen LogP contribution in [0.2, 0.25) is 0 Å². The van der Waals surface area contributed by atoms with Crippen molar-refractivity contribution in [2.75, 3.05) is 17.3 Å². The van der Waals surface area contributed by atoms with Crippen LogP contribution in [0.25, 0.3) is 22.2 Å². The molecule has 0 aliphatic heterocycles. The number of hydrogen-bond donors (Lipinski definition) is 1. The molecular formula is C24H21F3N4O2. The van der Waals surface area contributed by atoms with Gasteiger partial charge < -0.3 is 19.5 Å². The number of aryl methyl sites for hydroxylation is 1. The van der Waals surface area contributed by atoms with E-state index < -0.39 is 6.36 Å². The molecule has 0 unspecified atom stereocenters. The number of nitrogens with one attached hydrogen (secondary N) is 1. The number of anilines is 3. The molecule has 0 radical (unpaired) electrons. The molecule has 0 saturated heterocycles. The van der Waals surface area contributed by atoms with E-state index >= 15 is 0 Å². The van der Waals surface area contributed by atoms with Gasteiger partial charge in [0.05, 0.1) is 5.52 Å². The highest BCUT2D eigenvalue weighted by Gasteiger charge is 2.31. The SMILES string of the molecule is CC(=O)N(C)c1cccc(-c2cc3c(Nc4ccc(OC(F)(F)F)cc4)nccc3n2C)c1. The number of alkyl halides is 3. The molecule has 0 bridgehead atoms. The third-order valence-corrected chi connectivity index (χ3v) is 5.32. The molecule has 0 atom stereocenters. The molecule has 0 saturated carbocycles. The van der Waals surface area contributed by atoms with Crippen molar-refractivity contribution >= 4 is 34.0 Å². The summed E-state index contributed by atoms with van der Waals surface area (Å²) in [6.45, 7) is 1.51. The second kappa shape index (κ2) is 8.50. The highest BCUT2D eigenvalue weighted by atomic mass is 19.4. The van der Waals surface area contributed by atoms with E-state index in [0.29, 0.717) is 11.5 Å². The number of aromatic nitrogens is 2. The monoisotopic (exact) mass is 454 g/mol. The number of carbonyl (C=O) groups is 1. The van der Waals surface area contributed by atoms with Gasteiger partial charge in [0, 0.05) is 55.2 Å². The molecule has 2 aromatic heterocycles. The van der Waals surface area contributed by atoms with Crippen molar-refractivity contribution in [2.45, 2.75) is 13.3 Å². The number of nitrogens with zero attached hydrogens (tertiary/aromatic N) is 3. The lowest BCUT2D eigenvalue weighted by molar-refractivity contribution is -0.274. The summed E-state index contributed by atoms with van der Waals surface area (Å²) in [5.41, 5.74) is 4.13. The van der Waals surface area contributed by atoms with Crippen molar-refractivity contribution in [1.29, 1.82) is 0 Å². The first-order chi connectivity index (χ1) is 15.6. The fourth-order valence-corrected chi connectivity index (χ4v) is 3.57. The number of benzene rings is 2. The Hall–Kier alpha value is -4.01. The van der Waals surface area contributed by atoms with Crippen molar-refractivity contribution in [3.63, 3.8) is 0 Å². The second-order valence-electron chi connectivity index (χ2n) is 7.51. The molecule has 0 aliphatic carbocycles. The van der Waals surface area contributed by atoms with E-state index in [2.05, 4.69) is 15.0 Å². The molecule has 1 N–H and O–H groups in total. The van der Waals surface area contributed by atoms with Gasteiger partial charge in [-0.15, -0.1) is 13.2 Å². The Morgan fingerprint density at radius 2 is 1.82 bits per heavy atom. The maximum Gasteiger partial charge on any atom is 0.573 e. The predicted molar refractivity (Wildman–Crippen MR) is 122 cm³/mol. The fourth-order valence-electron chi connectivity index (χ4n) is 3.57. The van der Waals surface area contributed by atoms with E-state index in [1.165, 1.54) is 31.2 Å². The Labute approximate surface area is 188 Å². The van der Waals surface area contributed by atoms with E-state index in [1.807, 2.05) is 48.0 Å². The van der Waals surface area contributed by atoms with E-state index in [1.54, 1.807) is 18.1 Å². The van der Waals surface area contributed by atoms with E-state index in [9.17, 15) is 18.0 Å². The highest BCUT2D eigenvalue weighted by Crippen LogP contribution is 2.33. The van der Waals surface area contributed by atoms with Gasteiger partial charge in [-0.05, 0) is 48.5 Å². The molecule has 1 amide bonds. The summed E-state index contributed by atoms with van der Waals surface area (Å²) >= 11 is 0. The van der Waals surface area contributed by atoms with Crippen LogP contribution >= 0.6 is 0 Å². The van der Waals surface area contributed by atoms with Gasteiger partial charge in [0.1, 0.15) is 11.6 Å². The lowest BCUT2D eigenvalue weighted by atomic mass is 10.1. The Kier molecular flexibility index (Phi) is 5.71. The number of pyridine rings is 1. The Balaban J connectivity index is 1.67. The predicted octanol–water partition coefficient (Wildman–Crippen LogP) is 5.87. The van der Waals surface area contributed by atoms with Crippen LogP contribution in [-0.2, 0) is 11.8 Å². The van der Waals surface area contributed by atoms with Gasteiger partial charge in [0.2, 0.25) is 5.91 Å². The molecule has 9 heteroatoms. The first kappa shape index (κ1) is 22.2. The topological polar surface area (TPSA) is 59.4 Å². The standard InChI is InChI=1S/C24H21F3N4O2/c1-15(32)30(2)18-6-4-5-16(13-18)22-14-20-21(31(22)3)11-12-28-23(20)29-17-7-9-19(10-8-17)33-24(25,26)27/h4-14H,1-3H3,(H,28,29). The number of carbonyl (C=O) groups excluding carboxylic acids is 1. The largest absolute Gasteiger partial charge is 0.573 e. The van der Waals surface area contributed by atoms with E-state index in [4.69, 9.17) is 0 Å².